The van der Waals surface area contributed by atoms with E-state index in [9.17, 15) is 9.59 Å². The normalized spacial score (nSPS) is 16.1. The summed E-state index contributed by atoms with van der Waals surface area (Å²) in [6.45, 7) is -0.0363. The Bertz CT molecular complexity index is 708. The van der Waals surface area contributed by atoms with E-state index in [4.69, 9.17) is 15.9 Å². The number of rotatable bonds is 4. The number of thioether (sulfide) groups is 1. The molecule has 1 saturated heterocycles. The minimum Gasteiger partial charge on any atom is -0.496 e. The summed E-state index contributed by atoms with van der Waals surface area (Å²) < 4.78 is 11.2. The van der Waals surface area contributed by atoms with E-state index in [0.29, 0.717) is 26.4 Å². The average Bonchev–Trinajstić information content (AvgIpc) is 2.75. The minimum atomic E-state index is -0.401. The lowest BCUT2D eigenvalue weighted by Crippen LogP contribution is -2.28. The van der Waals surface area contributed by atoms with Gasteiger partial charge in [0.15, 0.2) is 0 Å². The molecule has 0 aromatic heterocycles. The molecule has 0 aliphatic carbocycles. The summed E-state index contributed by atoms with van der Waals surface area (Å²) in [5, 5.41) is -0.374. The molecule has 2 amide bonds. The van der Waals surface area contributed by atoms with E-state index in [1.165, 1.54) is 7.11 Å². The Kier molecular flexibility index (Phi) is 5.16. The van der Waals surface area contributed by atoms with Crippen LogP contribution >= 0.6 is 27.7 Å². The van der Waals surface area contributed by atoms with Gasteiger partial charge in [-0.3, -0.25) is 14.5 Å². The van der Waals surface area contributed by atoms with Crippen LogP contribution in [0.25, 0.3) is 6.08 Å². The molecule has 1 aliphatic heterocycles. The maximum absolute atomic E-state index is 12.2. The number of ether oxygens (including phenoxy) is 2. The first-order valence-corrected chi connectivity index (χ1v) is 7.73. The molecule has 0 atom stereocenters. The molecular formula is C15H12BrNO4S. The summed E-state index contributed by atoms with van der Waals surface area (Å²) in [7, 11) is 3.06. The van der Waals surface area contributed by atoms with Crippen LogP contribution in [0.2, 0.25) is 0 Å². The molecule has 1 fully saturated rings. The molecule has 0 saturated carbocycles. The lowest BCUT2D eigenvalue weighted by Gasteiger charge is -2.10. The largest absolute Gasteiger partial charge is 0.496 e. The quantitative estimate of drug-likeness (QED) is 0.592. The van der Waals surface area contributed by atoms with Crippen LogP contribution in [0.3, 0.4) is 0 Å². The first kappa shape index (κ1) is 16.5. The van der Waals surface area contributed by atoms with E-state index in [-0.39, 0.29) is 11.8 Å². The topological polar surface area (TPSA) is 55.8 Å². The van der Waals surface area contributed by atoms with Crippen LogP contribution in [0.1, 0.15) is 5.56 Å². The smallest absolute Gasteiger partial charge is 0.294 e. The van der Waals surface area contributed by atoms with Crippen molar-refractivity contribution in [2.75, 3.05) is 20.8 Å². The second-order valence-electron chi connectivity index (χ2n) is 4.20. The van der Waals surface area contributed by atoms with Crippen molar-refractivity contribution in [1.82, 2.24) is 4.90 Å². The van der Waals surface area contributed by atoms with Crippen molar-refractivity contribution >= 4 is 44.9 Å². The summed E-state index contributed by atoms with van der Waals surface area (Å²) >= 11 is 4.23. The molecule has 0 radical (unpaired) electrons. The van der Waals surface area contributed by atoms with Crippen molar-refractivity contribution in [3.05, 3.63) is 27.1 Å². The van der Waals surface area contributed by atoms with E-state index in [0.717, 1.165) is 16.7 Å². The Morgan fingerprint density at radius 2 is 2.00 bits per heavy atom. The molecule has 7 heteroatoms. The van der Waals surface area contributed by atoms with Gasteiger partial charge in [0.1, 0.15) is 11.5 Å². The zero-order valence-corrected chi connectivity index (χ0v) is 14.3. The van der Waals surface area contributed by atoms with Crippen molar-refractivity contribution in [3.63, 3.8) is 0 Å². The monoisotopic (exact) mass is 381 g/mol. The van der Waals surface area contributed by atoms with Crippen molar-refractivity contribution in [3.8, 4) is 23.8 Å². The number of nitrogens with zero attached hydrogens (tertiary/aromatic N) is 1. The molecule has 0 spiro atoms. The van der Waals surface area contributed by atoms with E-state index in [1.54, 1.807) is 25.3 Å². The van der Waals surface area contributed by atoms with E-state index in [2.05, 4.69) is 21.9 Å². The molecule has 5 nitrogen and oxygen atoms in total. The van der Waals surface area contributed by atoms with Crippen LogP contribution in [0.15, 0.2) is 21.5 Å². The highest BCUT2D eigenvalue weighted by molar-refractivity contribution is 9.10. The third kappa shape index (κ3) is 3.13. The number of carbonyl (C=O) groups is 2. The van der Waals surface area contributed by atoms with Gasteiger partial charge in [-0.15, -0.1) is 6.42 Å². The lowest BCUT2D eigenvalue weighted by atomic mass is 10.1. The van der Waals surface area contributed by atoms with Crippen molar-refractivity contribution < 1.29 is 19.1 Å². The molecule has 1 heterocycles. The maximum atomic E-state index is 12.2. The van der Waals surface area contributed by atoms with Crippen molar-refractivity contribution in [2.24, 2.45) is 0 Å². The minimum absolute atomic E-state index is 0.0363. The van der Waals surface area contributed by atoms with Gasteiger partial charge in [0.2, 0.25) is 0 Å². The SMILES string of the molecule is C#CCN1C(=O)S/C(=C\c2cc(Br)c(OC)cc2OC)C1=O. The molecule has 0 unspecified atom stereocenters. The van der Waals surface area contributed by atoms with Gasteiger partial charge in [-0.25, -0.2) is 0 Å². The number of halogens is 1. The zero-order chi connectivity index (χ0) is 16.3. The third-order valence-electron chi connectivity index (χ3n) is 2.91. The van der Waals surface area contributed by atoms with Gasteiger partial charge in [-0.1, -0.05) is 5.92 Å². The molecule has 2 rings (SSSR count). The molecular weight excluding hydrogens is 370 g/mol. The fourth-order valence-corrected chi connectivity index (χ4v) is 3.22. The second kappa shape index (κ2) is 6.90. The fraction of sp³-hybridized carbons (Fsp3) is 0.200. The number of hydrogen-bond donors (Lipinski definition) is 0. The molecule has 1 aliphatic rings. The number of imide groups is 1. The first-order chi connectivity index (χ1) is 10.5. The summed E-state index contributed by atoms with van der Waals surface area (Å²) in [5.41, 5.74) is 0.654. The van der Waals surface area contributed by atoms with Crippen LogP contribution in [-0.4, -0.2) is 36.8 Å². The Morgan fingerprint density at radius 1 is 1.32 bits per heavy atom. The highest BCUT2D eigenvalue weighted by Crippen LogP contribution is 2.37. The highest BCUT2D eigenvalue weighted by Gasteiger charge is 2.34. The second-order valence-corrected chi connectivity index (χ2v) is 6.05. The molecule has 1 aromatic rings. The number of benzene rings is 1. The van der Waals surface area contributed by atoms with Gasteiger partial charge in [-0.05, 0) is 39.8 Å². The summed E-state index contributed by atoms with van der Waals surface area (Å²) in [5.74, 6) is 3.03. The van der Waals surface area contributed by atoms with Crippen LogP contribution in [-0.2, 0) is 4.79 Å². The Hall–Kier alpha value is -1.91. The predicted molar refractivity (Wildman–Crippen MR) is 88.8 cm³/mol. The van der Waals surface area contributed by atoms with Gasteiger partial charge < -0.3 is 9.47 Å². The van der Waals surface area contributed by atoms with Crippen LogP contribution in [0.4, 0.5) is 4.79 Å². The molecule has 0 N–H and O–H groups in total. The van der Waals surface area contributed by atoms with Gasteiger partial charge in [0, 0.05) is 11.6 Å². The van der Waals surface area contributed by atoms with Crippen molar-refractivity contribution in [2.45, 2.75) is 0 Å². The maximum Gasteiger partial charge on any atom is 0.294 e. The van der Waals surface area contributed by atoms with Gasteiger partial charge >= 0.3 is 0 Å². The van der Waals surface area contributed by atoms with Crippen LogP contribution < -0.4 is 9.47 Å². The van der Waals surface area contributed by atoms with Crippen molar-refractivity contribution in [1.29, 1.82) is 0 Å². The predicted octanol–water partition coefficient (Wildman–Crippen LogP) is 3.14. The van der Waals surface area contributed by atoms with Gasteiger partial charge in [-0.2, -0.15) is 0 Å². The fourth-order valence-electron chi connectivity index (χ4n) is 1.86. The lowest BCUT2D eigenvalue weighted by molar-refractivity contribution is -0.122. The molecule has 114 valence electrons. The van der Waals surface area contributed by atoms with Gasteiger partial charge in [0.25, 0.3) is 11.1 Å². The Morgan fingerprint density at radius 3 is 2.59 bits per heavy atom. The zero-order valence-electron chi connectivity index (χ0n) is 11.9. The summed E-state index contributed by atoms with van der Waals surface area (Å²) in [6.07, 6.45) is 6.76. The Balaban J connectivity index is 2.42. The number of terminal acetylenes is 1. The average molecular weight is 382 g/mol. The van der Waals surface area contributed by atoms with Crippen LogP contribution in [0, 0.1) is 12.3 Å². The number of amides is 2. The Labute approximate surface area is 140 Å². The van der Waals surface area contributed by atoms with E-state index >= 15 is 0 Å². The number of methoxy groups -OCH3 is 2. The molecule has 0 bridgehead atoms. The number of carbonyl (C=O) groups excluding carboxylic acids is 2. The summed E-state index contributed by atoms with van der Waals surface area (Å²) in [4.78, 5) is 25.3. The van der Waals surface area contributed by atoms with Crippen LogP contribution in [0.5, 0.6) is 11.5 Å². The van der Waals surface area contributed by atoms with E-state index < -0.39 is 5.91 Å². The van der Waals surface area contributed by atoms with Gasteiger partial charge in [0.05, 0.1) is 30.1 Å². The molecule has 22 heavy (non-hydrogen) atoms. The standard InChI is InChI=1S/C15H12BrNO4S/c1-4-5-17-14(18)13(22-15(17)19)7-9-6-10(16)12(21-3)8-11(9)20-2/h1,6-8H,5H2,2-3H3/b13-7-. The third-order valence-corrected chi connectivity index (χ3v) is 4.44. The number of hydrogen-bond acceptors (Lipinski definition) is 5. The highest BCUT2D eigenvalue weighted by atomic mass is 79.9. The summed E-state index contributed by atoms with van der Waals surface area (Å²) in [6, 6.07) is 3.45. The molecule has 1 aromatic carbocycles. The first-order valence-electron chi connectivity index (χ1n) is 6.12. The van der Waals surface area contributed by atoms with E-state index in [1.807, 2.05) is 0 Å².